The van der Waals surface area contributed by atoms with Crippen LogP contribution in [0.5, 0.6) is 0 Å². The quantitative estimate of drug-likeness (QED) is 0.916. The third-order valence-corrected chi connectivity index (χ3v) is 3.11. The van der Waals surface area contributed by atoms with E-state index in [9.17, 15) is 4.79 Å². The van der Waals surface area contributed by atoms with Crippen LogP contribution in [-0.2, 0) is 11.4 Å². The van der Waals surface area contributed by atoms with Crippen LogP contribution in [0, 0.1) is 0 Å². The molecule has 4 nitrogen and oxygen atoms in total. The maximum atomic E-state index is 11.6. The van der Waals surface area contributed by atoms with Crippen molar-refractivity contribution in [1.29, 1.82) is 0 Å². The maximum absolute atomic E-state index is 11.6. The smallest absolute Gasteiger partial charge is 0.241 e. The molecule has 1 rings (SSSR count). The molecule has 1 N–H and O–H groups in total. The first kappa shape index (κ1) is 14.0. The molecular formula is C12H17BrN2O2. The SMILES string of the molecule is CN(C)C(=O)CN(C)c1ccc(CO)cc1Br. The van der Waals surface area contributed by atoms with Gasteiger partial charge in [-0.2, -0.15) is 0 Å². The number of aliphatic hydroxyl groups is 1. The minimum absolute atomic E-state index is 0.0131. The van der Waals surface area contributed by atoms with Gasteiger partial charge in [0.2, 0.25) is 5.91 Å². The van der Waals surface area contributed by atoms with Crippen LogP contribution in [0.15, 0.2) is 22.7 Å². The van der Waals surface area contributed by atoms with Crippen LogP contribution in [-0.4, -0.2) is 43.6 Å². The molecule has 1 aromatic rings. The number of carbonyl (C=O) groups excluding carboxylic acids is 1. The Morgan fingerprint density at radius 2 is 2.00 bits per heavy atom. The molecule has 0 atom stereocenters. The number of likely N-dealkylation sites (N-methyl/N-ethyl adjacent to an activating group) is 2. The number of aliphatic hydroxyl groups excluding tert-OH is 1. The standard InChI is InChI=1S/C12H17BrN2O2/c1-14(2)12(17)7-15(3)11-5-4-9(8-16)6-10(11)13/h4-6,16H,7-8H2,1-3H3. The van der Waals surface area contributed by atoms with E-state index >= 15 is 0 Å². The fourth-order valence-corrected chi connectivity index (χ4v) is 2.12. The zero-order valence-electron chi connectivity index (χ0n) is 10.3. The van der Waals surface area contributed by atoms with Crippen molar-refractivity contribution >= 4 is 27.5 Å². The van der Waals surface area contributed by atoms with Crippen LogP contribution in [0.1, 0.15) is 5.56 Å². The molecule has 0 aliphatic rings. The van der Waals surface area contributed by atoms with E-state index in [1.54, 1.807) is 19.0 Å². The summed E-state index contributed by atoms with van der Waals surface area (Å²) in [5, 5.41) is 9.01. The fourth-order valence-electron chi connectivity index (χ4n) is 1.39. The number of carbonyl (C=O) groups is 1. The summed E-state index contributed by atoms with van der Waals surface area (Å²) in [7, 11) is 5.33. The number of amides is 1. The number of anilines is 1. The molecule has 0 saturated carbocycles. The van der Waals surface area contributed by atoms with E-state index in [2.05, 4.69) is 15.9 Å². The number of rotatable bonds is 4. The van der Waals surface area contributed by atoms with Gasteiger partial charge in [0.25, 0.3) is 0 Å². The Balaban J connectivity index is 2.82. The lowest BCUT2D eigenvalue weighted by atomic mass is 10.2. The maximum Gasteiger partial charge on any atom is 0.241 e. The summed E-state index contributed by atoms with van der Waals surface area (Å²) >= 11 is 3.44. The van der Waals surface area contributed by atoms with Crippen molar-refractivity contribution < 1.29 is 9.90 Å². The number of hydrogen-bond donors (Lipinski definition) is 1. The second-order valence-electron chi connectivity index (χ2n) is 4.09. The van der Waals surface area contributed by atoms with Crippen LogP contribution in [0.3, 0.4) is 0 Å². The first-order valence-corrected chi connectivity index (χ1v) is 6.05. The van der Waals surface area contributed by atoms with E-state index in [1.165, 1.54) is 0 Å². The van der Waals surface area contributed by atoms with Crippen LogP contribution in [0.4, 0.5) is 5.69 Å². The van der Waals surface area contributed by atoms with Crippen molar-refractivity contribution in [2.45, 2.75) is 6.61 Å². The van der Waals surface area contributed by atoms with Gasteiger partial charge in [0.1, 0.15) is 0 Å². The summed E-state index contributed by atoms with van der Waals surface area (Å²) in [5.41, 5.74) is 1.77. The lowest BCUT2D eigenvalue weighted by Gasteiger charge is -2.22. The molecule has 0 fully saturated rings. The van der Waals surface area contributed by atoms with Crippen molar-refractivity contribution in [3.05, 3.63) is 28.2 Å². The highest BCUT2D eigenvalue weighted by atomic mass is 79.9. The van der Waals surface area contributed by atoms with Gasteiger partial charge in [-0.3, -0.25) is 4.79 Å². The molecule has 0 spiro atoms. The van der Waals surface area contributed by atoms with Crippen molar-refractivity contribution in [3.63, 3.8) is 0 Å². The monoisotopic (exact) mass is 300 g/mol. The van der Waals surface area contributed by atoms with Crippen molar-refractivity contribution in [3.8, 4) is 0 Å². The van der Waals surface area contributed by atoms with Gasteiger partial charge in [-0.25, -0.2) is 0 Å². The van der Waals surface area contributed by atoms with Crippen LogP contribution in [0.2, 0.25) is 0 Å². The van der Waals surface area contributed by atoms with Gasteiger partial charge in [0.05, 0.1) is 18.8 Å². The lowest BCUT2D eigenvalue weighted by molar-refractivity contribution is -0.127. The van der Waals surface area contributed by atoms with Gasteiger partial charge >= 0.3 is 0 Å². The lowest BCUT2D eigenvalue weighted by Crippen LogP contribution is -2.34. The average molecular weight is 301 g/mol. The van der Waals surface area contributed by atoms with Gasteiger partial charge in [0, 0.05) is 25.6 Å². The molecule has 0 heterocycles. The molecular weight excluding hydrogens is 284 g/mol. The fraction of sp³-hybridized carbons (Fsp3) is 0.417. The van der Waals surface area contributed by atoms with Crippen molar-refractivity contribution in [2.24, 2.45) is 0 Å². The molecule has 0 unspecified atom stereocenters. The Labute approximate surface area is 110 Å². The largest absolute Gasteiger partial charge is 0.392 e. The summed E-state index contributed by atoms with van der Waals surface area (Å²) in [6.45, 7) is 0.337. The minimum atomic E-state index is 0.0131. The Bertz CT molecular complexity index is 407. The molecule has 1 amide bonds. The van der Waals surface area contributed by atoms with Gasteiger partial charge < -0.3 is 14.9 Å². The van der Waals surface area contributed by atoms with E-state index < -0.39 is 0 Å². The highest BCUT2D eigenvalue weighted by Crippen LogP contribution is 2.26. The van der Waals surface area contributed by atoms with E-state index in [1.807, 2.05) is 30.1 Å². The molecule has 0 saturated heterocycles. The number of benzene rings is 1. The molecule has 1 aromatic carbocycles. The van der Waals surface area contributed by atoms with E-state index in [0.717, 1.165) is 15.7 Å². The molecule has 5 heteroatoms. The molecule has 0 aliphatic carbocycles. The first-order valence-electron chi connectivity index (χ1n) is 5.26. The first-order chi connectivity index (χ1) is 7.95. The Kier molecular flexibility index (Phi) is 4.96. The highest BCUT2D eigenvalue weighted by molar-refractivity contribution is 9.10. The second-order valence-corrected chi connectivity index (χ2v) is 4.94. The van der Waals surface area contributed by atoms with E-state index in [4.69, 9.17) is 5.11 Å². The van der Waals surface area contributed by atoms with Gasteiger partial charge in [-0.05, 0) is 33.6 Å². The Hall–Kier alpha value is -1.07. The summed E-state index contributed by atoms with van der Waals surface area (Å²) in [6.07, 6.45) is 0. The topological polar surface area (TPSA) is 43.8 Å². The van der Waals surface area contributed by atoms with Gasteiger partial charge in [0.15, 0.2) is 0 Å². The minimum Gasteiger partial charge on any atom is -0.392 e. The third kappa shape index (κ3) is 3.71. The second kappa shape index (κ2) is 6.02. The summed E-state index contributed by atoms with van der Waals surface area (Å²) in [6, 6.07) is 5.58. The normalized spacial score (nSPS) is 10.2. The number of nitrogens with zero attached hydrogens (tertiary/aromatic N) is 2. The molecule has 0 aromatic heterocycles. The molecule has 0 bridgehead atoms. The predicted octanol–water partition coefficient (Wildman–Crippen LogP) is 1.47. The van der Waals surface area contributed by atoms with E-state index in [0.29, 0.717) is 6.54 Å². The van der Waals surface area contributed by atoms with Crippen LogP contribution in [0.25, 0.3) is 0 Å². The summed E-state index contributed by atoms with van der Waals surface area (Å²) < 4.78 is 0.873. The third-order valence-electron chi connectivity index (χ3n) is 2.48. The van der Waals surface area contributed by atoms with Gasteiger partial charge in [-0.1, -0.05) is 6.07 Å². The zero-order valence-corrected chi connectivity index (χ0v) is 11.9. The van der Waals surface area contributed by atoms with Crippen molar-refractivity contribution in [1.82, 2.24) is 4.90 Å². The zero-order chi connectivity index (χ0) is 13.0. The predicted molar refractivity (Wildman–Crippen MR) is 72.0 cm³/mol. The number of halogens is 1. The molecule has 0 aliphatic heterocycles. The van der Waals surface area contributed by atoms with Crippen LogP contribution >= 0.6 is 15.9 Å². The highest BCUT2D eigenvalue weighted by Gasteiger charge is 2.11. The number of hydrogen-bond acceptors (Lipinski definition) is 3. The average Bonchev–Trinajstić information content (AvgIpc) is 2.28. The Morgan fingerprint density at radius 3 is 2.47 bits per heavy atom. The van der Waals surface area contributed by atoms with Crippen molar-refractivity contribution in [2.75, 3.05) is 32.6 Å². The summed E-state index contributed by atoms with van der Waals surface area (Å²) in [4.78, 5) is 15.0. The van der Waals surface area contributed by atoms with E-state index in [-0.39, 0.29) is 12.5 Å². The molecule has 94 valence electrons. The van der Waals surface area contributed by atoms with Crippen LogP contribution < -0.4 is 4.90 Å². The molecule has 17 heavy (non-hydrogen) atoms. The Morgan fingerprint density at radius 1 is 1.35 bits per heavy atom. The van der Waals surface area contributed by atoms with Gasteiger partial charge in [-0.15, -0.1) is 0 Å². The molecule has 0 radical (unpaired) electrons. The summed E-state index contributed by atoms with van der Waals surface area (Å²) in [5.74, 6) is 0.0469.